The maximum Gasteiger partial charge on any atom is 0.314 e. The fourth-order valence-corrected chi connectivity index (χ4v) is 2.14. The van der Waals surface area contributed by atoms with E-state index in [2.05, 4.69) is 15.8 Å². The molecule has 0 bridgehead atoms. The van der Waals surface area contributed by atoms with Crippen LogP contribution in [0.2, 0.25) is 0 Å². The third-order valence-corrected chi connectivity index (χ3v) is 3.09. The van der Waals surface area contributed by atoms with E-state index in [9.17, 15) is 9.59 Å². The normalized spacial score (nSPS) is 10.2. The molecule has 0 spiro atoms. The zero-order chi connectivity index (χ0) is 13.7. The van der Waals surface area contributed by atoms with Crippen molar-refractivity contribution >= 4 is 29.0 Å². The average molecular weight is 279 g/mol. The Bertz CT molecular complexity index is 563. The fourth-order valence-electron chi connectivity index (χ4n) is 1.43. The Morgan fingerprint density at radius 3 is 2.89 bits per heavy atom. The smallest absolute Gasteiger partial charge is 0.314 e. The summed E-state index contributed by atoms with van der Waals surface area (Å²) in [6.45, 7) is 2.12. The van der Waals surface area contributed by atoms with Gasteiger partial charge < -0.3 is 9.84 Å². The number of hydrogen-bond donors (Lipinski definition) is 2. The molecule has 0 aliphatic carbocycles. The molecule has 19 heavy (non-hydrogen) atoms. The largest absolute Gasteiger partial charge is 0.360 e. The summed E-state index contributed by atoms with van der Waals surface area (Å²) in [6, 6.07) is 3.52. The Morgan fingerprint density at radius 2 is 2.26 bits per heavy atom. The molecule has 0 aromatic carbocycles. The average Bonchev–Trinajstić information content (AvgIpc) is 3.01. The molecule has 100 valence electrons. The molecule has 0 fully saturated rings. The van der Waals surface area contributed by atoms with Crippen molar-refractivity contribution in [1.82, 2.24) is 10.5 Å². The van der Waals surface area contributed by atoms with E-state index < -0.39 is 11.8 Å². The summed E-state index contributed by atoms with van der Waals surface area (Å²) in [5.74, 6) is -0.641. The third kappa shape index (κ3) is 3.92. The summed E-state index contributed by atoms with van der Waals surface area (Å²) >= 11 is 1.60. The lowest BCUT2D eigenvalue weighted by atomic mass is 10.2. The first-order chi connectivity index (χ1) is 9.15. The topological polar surface area (TPSA) is 84.2 Å². The van der Waals surface area contributed by atoms with E-state index in [4.69, 9.17) is 4.52 Å². The number of nitrogens with zero attached hydrogens (tertiary/aromatic N) is 1. The van der Waals surface area contributed by atoms with Crippen LogP contribution in [-0.2, 0) is 16.0 Å². The lowest BCUT2D eigenvalue weighted by molar-refractivity contribution is -0.136. The van der Waals surface area contributed by atoms with E-state index in [-0.39, 0.29) is 5.82 Å². The van der Waals surface area contributed by atoms with Crippen LogP contribution in [0.15, 0.2) is 27.4 Å². The molecule has 0 unspecified atom stereocenters. The number of thiophene rings is 1. The summed E-state index contributed by atoms with van der Waals surface area (Å²) in [5, 5.41) is 12.4. The Kier molecular flexibility index (Phi) is 4.30. The number of aryl methyl sites for hydroxylation is 1. The second-order valence-corrected chi connectivity index (χ2v) is 4.69. The highest BCUT2D eigenvalue weighted by atomic mass is 32.1. The minimum Gasteiger partial charge on any atom is -0.360 e. The first kappa shape index (κ1) is 13.3. The van der Waals surface area contributed by atoms with Gasteiger partial charge in [-0.25, -0.2) is 0 Å². The van der Waals surface area contributed by atoms with Crippen LogP contribution in [-0.4, -0.2) is 23.5 Å². The number of nitrogens with one attached hydrogen (secondary N) is 2. The van der Waals surface area contributed by atoms with Crippen molar-refractivity contribution in [3.63, 3.8) is 0 Å². The summed E-state index contributed by atoms with van der Waals surface area (Å²) in [5.41, 5.74) is 1.14. The summed E-state index contributed by atoms with van der Waals surface area (Å²) in [7, 11) is 0. The zero-order valence-corrected chi connectivity index (χ0v) is 11.1. The predicted octanol–water partition coefficient (Wildman–Crippen LogP) is 1.34. The van der Waals surface area contributed by atoms with Crippen molar-refractivity contribution < 1.29 is 14.1 Å². The molecule has 0 saturated heterocycles. The molecule has 2 amide bonds. The molecule has 0 saturated carbocycles. The first-order valence-corrected chi connectivity index (χ1v) is 6.63. The Morgan fingerprint density at radius 1 is 1.42 bits per heavy atom. The van der Waals surface area contributed by atoms with E-state index in [1.807, 2.05) is 16.8 Å². The van der Waals surface area contributed by atoms with Crippen molar-refractivity contribution in [3.8, 4) is 0 Å². The standard InChI is InChI=1S/C12H13N3O3S/c1-8-6-10(15-18-8)14-12(17)11(16)13-4-2-9-3-5-19-7-9/h3,5-7H,2,4H2,1H3,(H,13,16)(H,14,15,17). The number of amides is 2. The summed E-state index contributed by atoms with van der Waals surface area (Å²) in [6.07, 6.45) is 0.700. The maximum absolute atomic E-state index is 11.5. The maximum atomic E-state index is 11.5. The van der Waals surface area contributed by atoms with Gasteiger partial charge in [-0.1, -0.05) is 5.16 Å². The van der Waals surface area contributed by atoms with Gasteiger partial charge in [0, 0.05) is 12.6 Å². The Balaban J connectivity index is 1.75. The summed E-state index contributed by atoms with van der Waals surface area (Å²) < 4.78 is 4.78. The lowest BCUT2D eigenvalue weighted by Gasteiger charge is -2.03. The molecule has 0 aliphatic heterocycles. The van der Waals surface area contributed by atoms with Gasteiger partial charge in [-0.05, 0) is 35.7 Å². The summed E-state index contributed by atoms with van der Waals surface area (Å²) in [4.78, 5) is 23.0. The van der Waals surface area contributed by atoms with Gasteiger partial charge in [0.1, 0.15) is 5.76 Å². The molecule has 2 rings (SSSR count). The van der Waals surface area contributed by atoms with E-state index in [0.29, 0.717) is 18.7 Å². The monoisotopic (exact) mass is 279 g/mol. The fraction of sp³-hybridized carbons (Fsp3) is 0.250. The molecule has 0 radical (unpaired) electrons. The third-order valence-electron chi connectivity index (χ3n) is 2.36. The quantitative estimate of drug-likeness (QED) is 0.827. The highest BCUT2D eigenvalue weighted by molar-refractivity contribution is 7.07. The number of anilines is 1. The van der Waals surface area contributed by atoms with Crippen molar-refractivity contribution in [3.05, 3.63) is 34.2 Å². The molecular weight excluding hydrogens is 266 g/mol. The van der Waals surface area contributed by atoms with E-state index in [1.165, 1.54) is 6.07 Å². The van der Waals surface area contributed by atoms with Gasteiger partial charge in [-0.3, -0.25) is 14.9 Å². The van der Waals surface area contributed by atoms with Crippen LogP contribution >= 0.6 is 11.3 Å². The van der Waals surface area contributed by atoms with Crippen LogP contribution in [0.1, 0.15) is 11.3 Å². The number of hydrogen-bond acceptors (Lipinski definition) is 5. The molecule has 0 atom stereocenters. The Hall–Kier alpha value is -2.15. The second-order valence-electron chi connectivity index (χ2n) is 3.91. The van der Waals surface area contributed by atoms with Crippen molar-refractivity contribution in [2.75, 3.05) is 11.9 Å². The molecule has 7 heteroatoms. The minimum absolute atomic E-state index is 0.232. The second kappa shape index (κ2) is 6.14. The van der Waals surface area contributed by atoms with E-state index in [0.717, 1.165) is 5.56 Å². The SMILES string of the molecule is Cc1cc(NC(=O)C(=O)NCCc2ccsc2)no1. The van der Waals surface area contributed by atoms with Crippen LogP contribution < -0.4 is 10.6 Å². The molecule has 6 nitrogen and oxygen atoms in total. The minimum atomic E-state index is -0.751. The van der Waals surface area contributed by atoms with Gasteiger partial charge in [-0.2, -0.15) is 11.3 Å². The van der Waals surface area contributed by atoms with Gasteiger partial charge in [0.25, 0.3) is 0 Å². The number of aromatic nitrogens is 1. The van der Waals surface area contributed by atoms with Gasteiger partial charge in [-0.15, -0.1) is 0 Å². The van der Waals surface area contributed by atoms with Crippen molar-refractivity contribution in [2.45, 2.75) is 13.3 Å². The molecule has 2 heterocycles. The molecule has 2 N–H and O–H groups in total. The van der Waals surface area contributed by atoms with Gasteiger partial charge in [0.05, 0.1) is 0 Å². The highest BCUT2D eigenvalue weighted by Crippen LogP contribution is 2.07. The van der Waals surface area contributed by atoms with Crippen LogP contribution in [0.3, 0.4) is 0 Å². The van der Waals surface area contributed by atoms with Crippen LogP contribution in [0.5, 0.6) is 0 Å². The van der Waals surface area contributed by atoms with Gasteiger partial charge >= 0.3 is 11.8 Å². The molecular formula is C12H13N3O3S. The van der Waals surface area contributed by atoms with Crippen LogP contribution in [0.25, 0.3) is 0 Å². The molecule has 2 aromatic rings. The highest BCUT2D eigenvalue weighted by Gasteiger charge is 2.14. The number of carbonyl (C=O) groups excluding carboxylic acids is 2. The zero-order valence-electron chi connectivity index (χ0n) is 10.3. The van der Waals surface area contributed by atoms with Gasteiger partial charge in [0.2, 0.25) is 0 Å². The Labute approximate surface area is 113 Å². The lowest BCUT2D eigenvalue weighted by Crippen LogP contribution is -2.36. The van der Waals surface area contributed by atoms with Crippen molar-refractivity contribution in [2.24, 2.45) is 0 Å². The number of rotatable bonds is 4. The molecule has 0 aliphatic rings. The van der Waals surface area contributed by atoms with Gasteiger partial charge in [0.15, 0.2) is 5.82 Å². The first-order valence-electron chi connectivity index (χ1n) is 5.69. The van der Waals surface area contributed by atoms with Crippen molar-refractivity contribution in [1.29, 1.82) is 0 Å². The van der Waals surface area contributed by atoms with E-state index in [1.54, 1.807) is 18.3 Å². The van der Waals surface area contributed by atoms with Crippen LogP contribution in [0.4, 0.5) is 5.82 Å². The molecule has 2 aromatic heterocycles. The number of carbonyl (C=O) groups is 2. The van der Waals surface area contributed by atoms with Crippen LogP contribution in [0, 0.1) is 6.92 Å². The van der Waals surface area contributed by atoms with E-state index >= 15 is 0 Å². The predicted molar refractivity (Wildman–Crippen MR) is 70.9 cm³/mol.